The van der Waals surface area contributed by atoms with Crippen LogP contribution in [0, 0.1) is 5.82 Å². The molecule has 6 heteroatoms. The first kappa shape index (κ1) is 16.5. The second-order valence-corrected chi connectivity index (χ2v) is 7.13. The van der Waals surface area contributed by atoms with Crippen LogP contribution in [0.5, 0.6) is 0 Å². The van der Waals surface area contributed by atoms with Gasteiger partial charge >= 0.3 is 0 Å². The van der Waals surface area contributed by atoms with Gasteiger partial charge in [-0.05, 0) is 42.4 Å². The summed E-state index contributed by atoms with van der Waals surface area (Å²) in [4.78, 5) is 2.59. The Kier molecular flexibility index (Phi) is 6.26. The summed E-state index contributed by atoms with van der Waals surface area (Å²) in [5, 5.41) is 7.22. The third-order valence-electron chi connectivity index (χ3n) is 3.46. The van der Waals surface area contributed by atoms with Crippen LogP contribution in [0.15, 0.2) is 23.1 Å². The Bertz CT molecular complexity index is 494. The minimum atomic E-state index is -0.184. The Morgan fingerprint density at radius 3 is 3.05 bits per heavy atom. The van der Waals surface area contributed by atoms with Gasteiger partial charge < -0.3 is 15.5 Å². The molecule has 1 aromatic rings. The van der Waals surface area contributed by atoms with E-state index < -0.39 is 0 Å². The number of hydrogen-bond donors (Lipinski definition) is 3. The quantitative estimate of drug-likeness (QED) is 0.562. The molecular formula is C15H23FN3S2+. The van der Waals surface area contributed by atoms with Gasteiger partial charge in [0.05, 0.1) is 26.7 Å². The van der Waals surface area contributed by atoms with Crippen molar-refractivity contribution in [1.82, 2.24) is 10.6 Å². The summed E-state index contributed by atoms with van der Waals surface area (Å²) in [5.41, 5.74) is 1.02. The van der Waals surface area contributed by atoms with E-state index in [1.54, 1.807) is 17.8 Å². The molecule has 0 aliphatic carbocycles. The summed E-state index contributed by atoms with van der Waals surface area (Å²) in [6.45, 7) is 1.98. The highest BCUT2D eigenvalue weighted by molar-refractivity contribution is 7.99. The molecule has 1 aliphatic rings. The fraction of sp³-hybridized carbons (Fsp3) is 0.533. The monoisotopic (exact) mass is 328 g/mol. The summed E-state index contributed by atoms with van der Waals surface area (Å²) in [7, 11) is 4.28. The fourth-order valence-corrected chi connectivity index (χ4v) is 3.72. The molecule has 0 spiro atoms. The minimum absolute atomic E-state index is 0.108. The predicted octanol–water partition coefficient (Wildman–Crippen LogP) is 1.36. The number of halogens is 1. The zero-order valence-electron chi connectivity index (χ0n) is 12.5. The molecule has 21 heavy (non-hydrogen) atoms. The summed E-state index contributed by atoms with van der Waals surface area (Å²) < 4.78 is 13.4. The fourth-order valence-electron chi connectivity index (χ4n) is 2.37. The van der Waals surface area contributed by atoms with E-state index in [2.05, 4.69) is 24.7 Å². The lowest BCUT2D eigenvalue weighted by molar-refractivity contribution is -0.858. The van der Waals surface area contributed by atoms with Gasteiger partial charge in [0.15, 0.2) is 5.11 Å². The maximum atomic E-state index is 13.4. The Hall–Kier alpha value is -0.850. The minimum Gasteiger partial charge on any atom is -0.362 e. The molecule has 2 rings (SSSR count). The average Bonchev–Trinajstić information content (AvgIpc) is 2.44. The van der Waals surface area contributed by atoms with Crippen molar-refractivity contribution in [2.24, 2.45) is 0 Å². The number of benzene rings is 1. The van der Waals surface area contributed by atoms with Crippen LogP contribution in [0.4, 0.5) is 4.39 Å². The van der Waals surface area contributed by atoms with E-state index in [1.165, 1.54) is 11.0 Å². The largest absolute Gasteiger partial charge is 0.362 e. The molecule has 0 aromatic heterocycles. The highest BCUT2D eigenvalue weighted by atomic mass is 32.2. The Labute approximate surface area is 135 Å². The molecule has 0 saturated carbocycles. The van der Waals surface area contributed by atoms with Crippen molar-refractivity contribution >= 4 is 29.1 Å². The van der Waals surface area contributed by atoms with Crippen molar-refractivity contribution in [1.29, 1.82) is 0 Å². The third kappa shape index (κ3) is 5.13. The van der Waals surface area contributed by atoms with Crippen molar-refractivity contribution in [3.05, 3.63) is 29.6 Å². The van der Waals surface area contributed by atoms with E-state index >= 15 is 0 Å². The summed E-state index contributed by atoms with van der Waals surface area (Å²) in [6.07, 6.45) is 2.04. The SMILES string of the molecule is C[NH+](C)CCCNC(=S)N[C@H]1CCSc2ccc(F)cc21. The number of hydrogen-bond acceptors (Lipinski definition) is 2. The Morgan fingerprint density at radius 2 is 2.29 bits per heavy atom. The van der Waals surface area contributed by atoms with Gasteiger partial charge in [-0.3, -0.25) is 0 Å². The van der Waals surface area contributed by atoms with E-state index in [9.17, 15) is 4.39 Å². The molecule has 0 radical (unpaired) electrons. The second kappa shape index (κ2) is 7.96. The molecule has 116 valence electrons. The maximum Gasteiger partial charge on any atom is 0.166 e. The standard InChI is InChI=1S/C15H22FN3S2/c1-19(2)8-3-7-17-15(20)18-13-6-9-21-14-5-4-11(16)10-12(13)14/h4-5,10,13H,3,6-9H2,1-2H3,(H2,17,18,20)/p+1/t13-/m0/s1. The molecule has 0 fully saturated rings. The lowest BCUT2D eigenvalue weighted by Crippen LogP contribution is -3.05. The summed E-state index contributed by atoms with van der Waals surface area (Å²) >= 11 is 7.13. The highest BCUT2D eigenvalue weighted by Crippen LogP contribution is 2.36. The first-order valence-electron chi connectivity index (χ1n) is 7.32. The molecule has 0 bridgehead atoms. The topological polar surface area (TPSA) is 28.5 Å². The van der Waals surface area contributed by atoms with Gasteiger partial charge in [0.1, 0.15) is 5.82 Å². The molecule has 3 N–H and O–H groups in total. The molecule has 1 heterocycles. The first-order valence-corrected chi connectivity index (χ1v) is 8.71. The van der Waals surface area contributed by atoms with E-state index in [1.807, 2.05) is 6.07 Å². The van der Waals surface area contributed by atoms with Gasteiger partial charge in [-0.1, -0.05) is 0 Å². The van der Waals surface area contributed by atoms with E-state index in [-0.39, 0.29) is 11.9 Å². The van der Waals surface area contributed by atoms with Crippen molar-refractivity contribution in [3.63, 3.8) is 0 Å². The van der Waals surface area contributed by atoms with Crippen LogP contribution in [0.25, 0.3) is 0 Å². The number of thiocarbonyl (C=S) groups is 1. The van der Waals surface area contributed by atoms with Gasteiger partial charge in [-0.25, -0.2) is 4.39 Å². The van der Waals surface area contributed by atoms with Gasteiger partial charge in [-0.15, -0.1) is 11.8 Å². The first-order chi connectivity index (χ1) is 10.1. The summed E-state index contributed by atoms with van der Waals surface area (Å²) in [5.74, 6) is 0.846. The van der Waals surface area contributed by atoms with Crippen LogP contribution >= 0.6 is 24.0 Å². The molecule has 0 unspecified atom stereocenters. The molecule has 0 saturated heterocycles. The van der Waals surface area contributed by atoms with Crippen LogP contribution in [0.3, 0.4) is 0 Å². The van der Waals surface area contributed by atoms with Crippen molar-refractivity contribution in [3.8, 4) is 0 Å². The second-order valence-electron chi connectivity index (χ2n) is 5.58. The highest BCUT2D eigenvalue weighted by Gasteiger charge is 2.21. The van der Waals surface area contributed by atoms with Crippen LogP contribution in [-0.4, -0.2) is 38.1 Å². The van der Waals surface area contributed by atoms with E-state index in [4.69, 9.17) is 12.2 Å². The third-order valence-corrected chi connectivity index (χ3v) is 4.84. The Morgan fingerprint density at radius 1 is 1.48 bits per heavy atom. The van der Waals surface area contributed by atoms with Crippen LogP contribution in [0.1, 0.15) is 24.4 Å². The average molecular weight is 329 g/mol. The lowest BCUT2D eigenvalue weighted by atomic mass is 10.0. The van der Waals surface area contributed by atoms with E-state index in [0.717, 1.165) is 42.1 Å². The normalized spacial score (nSPS) is 17.4. The number of nitrogens with one attached hydrogen (secondary N) is 3. The van der Waals surface area contributed by atoms with Gasteiger partial charge in [0, 0.05) is 23.6 Å². The van der Waals surface area contributed by atoms with Crippen LogP contribution in [0.2, 0.25) is 0 Å². The zero-order chi connectivity index (χ0) is 15.2. The Balaban J connectivity index is 1.86. The lowest BCUT2D eigenvalue weighted by Gasteiger charge is -2.27. The van der Waals surface area contributed by atoms with Crippen molar-refractivity contribution in [2.75, 3.05) is 32.9 Å². The van der Waals surface area contributed by atoms with Gasteiger partial charge in [0.25, 0.3) is 0 Å². The van der Waals surface area contributed by atoms with Crippen LogP contribution < -0.4 is 15.5 Å². The van der Waals surface area contributed by atoms with Gasteiger partial charge in [0.2, 0.25) is 0 Å². The van der Waals surface area contributed by atoms with Crippen molar-refractivity contribution in [2.45, 2.75) is 23.8 Å². The zero-order valence-corrected chi connectivity index (χ0v) is 14.2. The molecule has 1 atom stereocenters. The van der Waals surface area contributed by atoms with Crippen molar-refractivity contribution < 1.29 is 9.29 Å². The molecule has 1 aliphatic heterocycles. The smallest absolute Gasteiger partial charge is 0.166 e. The molecule has 3 nitrogen and oxygen atoms in total. The number of fused-ring (bicyclic) bond motifs is 1. The van der Waals surface area contributed by atoms with E-state index in [0.29, 0.717) is 5.11 Å². The number of thioether (sulfide) groups is 1. The maximum absolute atomic E-state index is 13.4. The number of rotatable bonds is 5. The predicted molar refractivity (Wildman–Crippen MR) is 90.5 cm³/mol. The molecule has 1 aromatic carbocycles. The number of quaternary nitrogens is 1. The molecular weight excluding hydrogens is 305 g/mol. The molecule has 0 amide bonds. The van der Waals surface area contributed by atoms with Crippen LogP contribution in [-0.2, 0) is 0 Å². The summed E-state index contributed by atoms with van der Waals surface area (Å²) in [6, 6.07) is 5.11. The van der Waals surface area contributed by atoms with Gasteiger partial charge in [-0.2, -0.15) is 0 Å².